The van der Waals surface area contributed by atoms with Crippen LogP contribution >= 0.6 is 0 Å². The number of rotatable bonds is 1. The molecule has 0 saturated carbocycles. The molecule has 1 N–H and O–H groups in total. The summed E-state index contributed by atoms with van der Waals surface area (Å²) < 4.78 is 18.2. The Morgan fingerprint density at radius 2 is 2.14 bits per heavy atom. The summed E-state index contributed by atoms with van der Waals surface area (Å²) >= 11 is 0. The van der Waals surface area contributed by atoms with Gasteiger partial charge >= 0.3 is 5.97 Å². The van der Waals surface area contributed by atoms with E-state index in [0.29, 0.717) is 0 Å². The first kappa shape index (κ1) is 10.9. The summed E-state index contributed by atoms with van der Waals surface area (Å²) in [6.45, 7) is 5.12. The minimum Gasteiger partial charge on any atom is -0.463 e. The molecule has 0 aromatic carbocycles. The van der Waals surface area contributed by atoms with Gasteiger partial charge in [-0.15, -0.1) is 0 Å². The van der Waals surface area contributed by atoms with Crippen molar-refractivity contribution in [1.29, 1.82) is 0 Å². The number of amides is 1. The molecule has 0 aromatic rings. The van der Waals surface area contributed by atoms with Gasteiger partial charge in [0.2, 0.25) is 0 Å². The molecule has 1 aliphatic rings. The Kier molecular flexibility index (Phi) is 2.52. The van der Waals surface area contributed by atoms with E-state index in [1.165, 1.54) is 0 Å². The predicted molar refractivity (Wildman–Crippen MR) is 47.3 cm³/mol. The summed E-state index contributed by atoms with van der Waals surface area (Å²) in [5.74, 6) is -1.99. The van der Waals surface area contributed by atoms with Crippen LogP contribution < -0.4 is 5.32 Å². The first-order valence-corrected chi connectivity index (χ1v) is 4.44. The summed E-state index contributed by atoms with van der Waals surface area (Å²) in [5.41, 5.74) is -3.05. The third kappa shape index (κ3) is 2.02. The zero-order chi connectivity index (χ0) is 11.0. The van der Waals surface area contributed by atoms with Crippen molar-refractivity contribution in [2.24, 2.45) is 0 Å². The molecule has 0 radical (unpaired) electrons. The van der Waals surface area contributed by atoms with Crippen molar-refractivity contribution in [3.8, 4) is 0 Å². The average Bonchev–Trinajstić information content (AvgIpc) is 2.30. The van der Waals surface area contributed by atoms with Gasteiger partial charge in [0.05, 0.1) is 6.61 Å². The molecular formula is C9H14FNO3. The van der Waals surface area contributed by atoms with Gasteiger partial charge in [-0.25, -0.2) is 9.18 Å². The summed E-state index contributed by atoms with van der Waals surface area (Å²) in [6.07, 6.45) is -0.201. The molecule has 80 valence electrons. The van der Waals surface area contributed by atoms with Gasteiger partial charge in [0.1, 0.15) is 0 Å². The molecule has 5 heteroatoms. The number of nitrogens with one attached hydrogen (secondary N) is 1. The number of carbonyl (C=O) groups is 2. The van der Waals surface area contributed by atoms with Crippen LogP contribution in [0.5, 0.6) is 0 Å². The molecule has 1 amide bonds. The Morgan fingerprint density at radius 1 is 1.57 bits per heavy atom. The van der Waals surface area contributed by atoms with Gasteiger partial charge in [0, 0.05) is 12.0 Å². The lowest BCUT2D eigenvalue weighted by molar-refractivity contribution is -0.154. The maximum absolute atomic E-state index is 13.7. The molecule has 4 nitrogen and oxygen atoms in total. The highest BCUT2D eigenvalue weighted by Crippen LogP contribution is 2.25. The topological polar surface area (TPSA) is 55.4 Å². The number of esters is 1. The molecule has 0 aromatic heterocycles. The van der Waals surface area contributed by atoms with E-state index in [0.717, 1.165) is 0 Å². The third-order valence-corrected chi connectivity index (χ3v) is 1.85. The summed E-state index contributed by atoms with van der Waals surface area (Å²) in [7, 11) is 0. The summed E-state index contributed by atoms with van der Waals surface area (Å²) in [6, 6.07) is 0. The number of hydrogen-bond donors (Lipinski definition) is 1. The number of alkyl halides is 1. The second-order valence-electron chi connectivity index (χ2n) is 4.39. The second kappa shape index (κ2) is 3.22. The lowest BCUT2D eigenvalue weighted by atomic mass is 10.0. The molecule has 0 aliphatic carbocycles. The number of carbonyl (C=O) groups excluding carboxylic acids is 2. The van der Waals surface area contributed by atoms with Crippen LogP contribution in [0.15, 0.2) is 0 Å². The van der Waals surface area contributed by atoms with E-state index < -0.39 is 23.1 Å². The van der Waals surface area contributed by atoms with Gasteiger partial charge in [-0.2, -0.15) is 0 Å². The molecule has 1 heterocycles. The highest BCUT2D eigenvalue weighted by atomic mass is 19.1. The molecule has 1 saturated heterocycles. The smallest absolute Gasteiger partial charge is 0.354 e. The molecule has 1 aliphatic heterocycles. The highest BCUT2D eigenvalue weighted by Gasteiger charge is 2.52. The Labute approximate surface area is 81.8 Å². The Bertz CT molecular complexity index is 272. The SMILES string of the molecule is CC(C)(C)NC(=O)C1(F)CCOC1=O. The van der Waals surface area contributed by atoms with Crippen LogP contribution in [0.3, 0.4) is 0 Å². The fourth-order valence-electron chi connectivity index (χ4n) is 1.15. The summed E-state index contributed by atoms with van der Waals surface area (Å²) in [4.78, 5) is 22.4. The van der Waals surface area contributed by atoms with Crippen LogP contribution in [-0.2, 0) is 14.3 Å². The second-order valence-corrected chi connectivity index (χ2v) is 4.39. The van der Waals surface area contributed by atoms with E-state index >= 15 is 0 Å². The van der Waals surface area contributed by atoms with Gasteiger partial charge in [-0.3, -0.25) is 4.79 Å². The Hall–Kier alpha value is -1.13. The van der Waals surface area contributed by atoms with E-state index in [4.69, 9.17) is 0 Å². The van der Waals surface area contributed by atoms with E-state index in [1.807, 2.05) is 0 Å². The maximum atomic E-state index is 13.7. The zero-order valence-electron chi connectivity index (χ0n) is 8.52. The van der Waals surface area contributed by atoms with Crippen LogP contribution in [0.2, 0.25) is 0 Å². The lowest BCUT2D eigenvalue weighted by Gasteiger charge is -2.24. The van der Waals surface area contributed by atoms with Crippen molar-refractivity contribution in [2.45, 2.75) is 38.4 Å². The van der Waals surface area contributed by atoms with E-state index in [-0.39, 0.29) is 13.0 Å². The maximum Gasteiger partial charge on any atom is 0.354 e. The standard InChI is InChI=1S/C9H14FNO3/c1-8(2,3)11-6(12)9(10)4-5-14-7(9)13/h4-5H2,1-3H3,(H,11,12). The first-order valence-electron chi connectivity index (χ1n) is 4.44. The molecule has 1 fully saturated rings. The quantitative estimate of drug-likeness (QED) is 0.500. The fourth-order valence-corrected chi connectivity index (χ4v) is 1.15. The zero-order valence-corrected chi connectivity index (χ0v) is 8.52. The van der Waals surface area contributed by atoms with Crippen molar-refractivity contribution in [3.05, 3.63) is 0 Å². The molecule has 1 rings (SSSR count). The van der Waals surface area contributed by atoms with E-state index in [9.17, 15) is 14.0 Å². The molecule has 0 spiro atoms. The first-order chi connectivity index (χ1) is 6.26. The number of ether oxygens (including phenoxy) is 1. The van der Waals surface area contributed by atoms with Gasteiger partial charge in [-0.05, 0) is 20.8 Å². The Morgan fingerprint density at radius 3 is 2.50 bits per heavy atom. The van der Waals surface area contributed by atoms with Crippen LogP contribution in [0.25, 0.3) is 0 Å². The van der Waals surface area contributed by atoms with Crippen LogP contribution in [-0.4, -0.2) is 29.7 Å². The van der Waals surface area contributed by atoms with E-state index in [1.54, 1.807) is 20.8 Å². The number of halogens is 1. The van der Waals surface area contributed by atoms with Gasteiger partial charge in [0.15, 0.2) is 0 Å². The van der Waals surface area contributed by atoms with Crippen molar-refractivity contribution < 1.29 is 18.7 Å². The van der Waals surface area contributed by atoms with E-state index in [2.05, 4.69) is 10.1 Å². The minimum absolute atomic E-state index is 0.0348. The molecule has 1 atom stereocenters. The van der Waals surface area contributed by atoms with Crippen LogP contribution in [0.1, 0.15) is 27.2 Å². The van der Waals surface area contributed by atoms with Gasteiger partial charge < -0.3 is 10.1 Å². The van der Waals surface area contributed by atoms with Crippen molar-refractivity contribution in [3.63, 3.8) is 0 Å². The predicted octanol–water partition coefficient (Wildman–Crippen LogP) is 0.556. The molecule has 1 unspecified atom stereocenters. The molecular weight excluding hydrogens is 189 g/mol. The molecule has 14 heavy (non-hydrogen) atoms. The average molecular weight is 203 g/mol. The van der Waals surface area contributed by atoms with Crippen molar-refractivity contribution in [2.75, 3.05) is 6.61 Å². The fraction of sp³-hybridized carbons (Fsp3) is 0.778. The minimum atomic E-state index is -2.49. The normalized spacial score (nSPS) is 27.3. The van der Waals surface area contributed by atoms with Crippen molar-refractivity contribution >= 4 is 11.9 Å². The molecule has 0 bridgehead atoms. The van der Waals surface area contributed by atoms with Crippen molar-refractivity contribution in [1.82, 2.24) is 5.32 Å². The van der Waals surface area contributed by atoms with Gasteiger partial charge in [0.25, 0.3) is 11.6 Å². The Balaban J connectivity index is 2.74. The third-order valence-electron chi connectivity index (χ3n) is 1.85. The number of cyclic esters (lactones) is 1. The van der Waals surface area contributed by atoms with Gasteiger partial charge in [-0.1, -0.05) is 0 Å². The van der Waals surface area contributed by atoms with Crippen LogP contribution in [0.4, 0.5) is 4.39 Å². The summed E-state index contributed by atoms with van der Waals surface area (Å²) in [5, 5.41) is 2.42. The van der Waals surface area contributed by atoms with Crippen LogP contribution in [0, 0.1) is 0 Å². The largest absolute Gasteiger partial charge is 0.463 e. The number of hydrogen-bond acceptors (Lipinski definition) is 3. The highest BCUT2D eigenvalue weighted by molar-refractivity contribution is 6.07. The monoisotopic (exact) mass is 203 g/mol. The lowest BCUT2D eigenvalue weighted by Crippen LogP contribution is -2.52.